The molecular weight excluding hydrogens is 328 g/mol. The molecule has 2 aliphatic heterocycles. The van der Waals surface area contributed by atoms with Gasteiger partial charge in [0.2, 0.25) is 11.5 Å². The minimum absolute atomic E-state index is 0.108. The number of amides is 2. The van der Waals surface area contributed by atoms with Crippen molar-refractivity contribution in [3.63, 3.8) is 0 Å². The quantitative estimate of drug-likeness (QED) is 0.370. The van der Waals surface area contributed by atoms with Crippen LogP contribution >= 0.6 is 0 Å². The lowest BCUT2D eigenvalue weighted by Crippen LogP contribution is -2.41. The number of hydrazine groups is 1. The van der Waals surface area contributed by atoms with Crippen molar-refractivity contribution in [1.82, 2.24) is 9.91 Å². The van der Waals surface area contributed by atoms with Gasteiger partial charge in [-0.15, -0.1) is 5.01 Å². The first-order chi connectivity index (χ1) is 12.0. The zero-order valence-electron chi connectivity index (χ0n) is 13.9. The lowest BCUT2D eigenvalue weighted by atomic mass is 9.99. The molecule has 25 heavy (non-hydrogen) atoms. The molecule has 1 fully saturated rings. The van der Waals surface area contributed by atoms with Gasteiger partial charge < -0.3 is 15.2 Å². The van der Waals surface area contributed by atoms with Crippen molar-refractivity contribution in [3.05, 3.63) is 40.6 Å². The molecule has 0 bridgehead atoms. The van der Waals surface area contributed by atoms with E-state index in [9.17, 15) is 14.8 Å². The van der Waals surface area contributed by atoms with Crippen molar-refractivity contribution in [2.45, 2.75) is 26.0 Å². The number of hydrogen-bond donors (Lipinski definition) is 1. The number of imide groups is 1. The van der Waals surface area contributed by atoms with Crippen molar-refractivity contribution in [1.29, 1.82) is 0 Å². The van der Waals surface area contributed by atoms with Crippen LogP contribution in [-0.2, 0) is 4.84 Å². The number of hydrogen-bond acceptors (Lipinski definition) is 6. The normalized spacial score (nSPS) is 20.0. The highest BCUT2D eigenvalue weighted by Gasteiger charge is 2.39. The Kier molecular flexibility index (Phi) is 4.84. The summed E-state index contributed by atoms with van der Waals surface area (Å²) < 4.78 is 0. The largest absolute Gasteiger partial charge is 0.569 e. The average Bonchev–Trinajstić information content (AvgIpc) is 2.90. The summed E-state index contributed by atoms with van der Waals surface area (Å²) in [6.45, 7) is 2.51. The van der Waals surface area contributed by atoms with Crippen LogP contribution in [0.1, 0.15) is 40.5 Å². The number of carbonyl (C=O) groups excluding carboxylic acids is 2. The molecule has 0 saturated carbocycles. The van der Waals surface area contributed by atoms with Crippen molar-refractivity contribution >= 4 is 11.8 Å². The number of aliphatic hydroxyl groups excluding tert-OH is 1. The van der Waals surface area contributed by atoms with Crippen molar-refractivity contribution in [3.8, 4) is 0 Å². The Bertz CT molecular complexity index is 665. The predicted molar refractivity (Wildman–Crippen MR) is 84.9 cm³/mol. The maximum atomic E-state index is 12.3. The molecule has 0 spiro atoms. The summed E-state index contributed by atoms with van der Waals surface area (Å²) in [5, 5.41) is 26.0. The Labute approximate surface area is 144 Å². The lowest BCUT2D eigenvalue weighted by Gasteiger charge is -2.27. The van der Waals surface area contributed by atoms with Crippen LogP contribution in [0.15, 0.2) is 29.5 Å². The molecular formula is C16H20N4O5. The summed E-state index contributed by atoms with van der Waals surface area (Å²) in [5.74, 6) is -0.739. The fourth-order valence-electron chi connectivity index (χ4n) is 3.02. The zero-order chi connectivity index (χ0) is 18.0. The molecule has 0 aliphatic carbocycles. The molecule has 0 radical (unpaired) electrons. The molecule has 1 N–H and O–H groups in total. The molecule has 1 aromatic carbocycles. The third-order valence-electron chi connectivity index (χ3n) is 4.55. The standard InChI is InChI=1S/C16H20N4O5/c1-11(19-15(22)13-4-2-3-5-14(13)16(19)23)25-17-20(24)18-8-6-12(10-21)7-9-18/h2-5,11-12,21H,6-10H2,1H3/b20-17-. The van der Waals surface area contributed by atoms with Gasteiger partial charge in [0.05, 0.1) is 29.2 Å². The first-order valence-corrected chi connectivity index (χ1v) is 8.19. The Hall–Kier alpha value is -2.68. The highest BCUT2D eigenvalue weighted by molar-refractivity contribution is 6.21. The van der Waals surface area contributed by atoms with E-state index in [1.54, 1.807) is 24.3 Å². The first kappa shape index (κ1) is 17.2. The van der Waals surface area contributed by atoms with Gasteiger partial charge in [0, 0.05) is 6.61 Å². The molecule has 9 heteroatoms. The highest BCUT2D eigenvalue weighted by atomic mass is 16.7. The third-order valence-corrected chi connectivity index (χ3v) is 4.55. The molecule has 2 amide bonds. The Morgan fingerprint density at radius 3 is 2.36 bits per heavy atom. The second-order valence-corrected chi connectivity index (χ2v) is 6.14. The molecule has 134 valence electrons. The molecule has 1 saturated heterocycles. The summed E-state index contributed by atoms with van der Waals surface area (Å²) in [6.07, 6.45) is 0.385. The molecule has 0 aromatic heterocycles. The Balaban J connectivity index is 1.62. The van der Waals surface area contributed by atoms with Crippen LogP contribution in [0.5, 0.6) is 0 Å². The van der Waals surface area contributed by atoms with Crippen LogP contribution in [0, 0.1) is 11.1 Å². The summed E-state index contributed by atoms with van der Waals surface area (Å²) >= 11 is 0. The molecule has 1 unspecified atom stereocenters. The fourth-order valence-corrected chi connectivity index (χ4v) is 3.02. The Morgan fingerprint density at radius 1 is 1.28 bits per heavy atom. The van der Waals surface area contributed by atoms with Crippen LogP contribution in [0.25, 0.3) is 0 Å². The van der Waals surface area contributed by atoms with Crippen molar-refractivity contribution < 1.29 is 24.5 Å². The van der Waals surface area contributed by atoms with Gasteiger partial charge in [-0.2, -0.15) is 0 Å². The van der Waals surface area contributed by atoms with Crippen LogP contribution < -0.4 is 0 Å². The molecule has 9 nitrogen and oxygen atoms in total. The lowest BCUT2D eigenvalue weighted by molar-refractivity contribution is -0.714. The van der Waals surface area contributed by atoms with Crippen LogP contribution in [0.2, 0.25) is 0 Å². The summed E-state index contributed by atoms with van der Waals surface area (Å²) in [7, 11) is 0. The topological polar surface area (TPSA) is 109 Å². The minimum Gasteiger partial charge on any atom is -0.569 e. The van der Waals surface area contributed by atoms with E-state index < -0.39 is 18.0 Å². The van der Waals surface area contributed by atoms with Gasteiger partial charge in [-0.25, -0.2) is 4.90 Å². The second-order valence-electron chi connectivity index (χ2n) is 6.14. The van der Waals surface area contributed by atoms with Crippen molar-refractivity contribution in [2.24, 2.45) is 11.2 Å². The van der Waals surface area contributed by atoms with E-state index in [0.717, 1.165) is 4.90 Å². The Morgan fingerprint density at radius 2 is 1.84 bits per heavy atom. The van der Waals surface area contributed by atoms with E-state index in [1.165, 1.54) is 11.9 Å². The van der Waals surface area contributed by atoms with Gasteiger partial charge in [-0.1, -0.05) is 12.1 Å². The summed E-state index contributed by atoms with van der Waals surface area (Å²) in [4.78, 5) is 31.0. The number of fused-ring (bicyclic) bond motifs is 1. The number of nitrogens with zero attached hydrogens (tertiary/aromatic N) is 4. The summed E-state index contributed by atoms with van der Waals surface area (Å²) in [6, 6.07) is 6.51. The predicted octanol–water partition coefficient (Wildman–Crippen LogP) is 1.14. The fraction of sp³-hybridized carbons (Fsp3) is 0.500. The van der Waals surface area contributed by atoms with E-state index in [1.807, 2.05) is 0 Å². The smallest absolute Gasteiger partial charge is 0.264 e. The number of piperidine rings is 1. The van der Waals surface area contributed by atoms with Gasteiger partial charge in [-0.05, 0) is 37.8 Å². The second kappa shape index (κ2) is 7.06. The van der Waals surface area contributed by atoms with Crippen LogP contribution in [0.4, 0.5) is 0 Å². The molecule has 2 aliphatic rings. The molecule has 2 heterocycles. The third kappa shape index (κ3) is 3.27. The number of rotatable bonds is 5. The molecule has 3 rings (SSSR count). The van der Waals surface area contributed by atoms with E-state index in [-0.39, 0.29) is 12.5 Å². The van der Waals surface area contributed by atoms with Gasteiger partial charge in [-0.3, -0.25) is 9.59 Å². The first-order valence-electron chi connectivity index (χ1n) is 8.19. The zero-order valence-corrected chi connectivity index (χ0v) is 13.9. The number of aliphatic hydroxyl groups is 1. The van der Waals surface area contributed by atoms with Crippen LogP contribution in [0.3, 0.4) is 0 Å². The number of benzene rings is 1. The van der Waals surface area contributed by atoms with Gasteiger partial charge >= 0.3 is 0 Å². The van der Waals surface area contributed by atoms with Crippen molar-refractivity contribution in [2.75, 3.05) is 19.7 Å². The van der Waals surface area contributed by atoms with E-state index in [2.05, 4.69) is 5.28 Å². The molecule has 1 atom stereocenters. The van der Waals surface area contributed by atoms with E-state index in [4.69, 9.17) is 9.94 Å². The monoisotopic (exact) mass is 348 g/mol. The van der Waals surface area contributed by atoms with Gasteiger partial charge in [0.25, 0.3) is 11.8 Å². The van der Waals surface area contributed by atoms with E-state index in [0.29, 0.717) is 42.0 Å². The average molecular weight is 348 g/mol. The summed E-state index contributed by atoms with van der Waals surface area (Å²) in [5.41, 5.74) is 0.626. The minimum atomic E-state index is -1.00. The maximum Gasteiger partial charge on any atom is 0.264 e. The van der Waals surface area contributed by atoms with Gasteiger partial charge in [0.1, 0.15) is 0 Å². The number of carbonyl (C=O) groups is 2. The SMILES string of the molecule is CC(O/N=[N+](\[O-])N1CCC(CO)CC1)N1C(=O)c2ccccc2C1=O. The highest BCUT2D eigenvalue weighted by Crippen LogP contribution is 2.25. The maximum absolute atomic E-state index is 12.3. The molecule has 1 aromatic rings. The van der Waals surface area contributed by atoms with E-state index >= 15 is 0 Å². The van der Waals surface area contributed by atoms with Crippen LogP contribution in [-0.4, -0.2) is 57.7 Å². The van der Waals surface area contributed by atoms with Gasteiger partial charge in [0.15, 0.2) is 0 Å².